The van der Waals surface area contributed by atoms with E-state index in [2.05, 4.69) is 0 Å². The fourth-order valence-electron chi connectivity index (χ4n) is 2.31. The Morgan fingerprint density at radius 3 is 1.35 bits per heavy atom. The van der Waals surface area contributed by atoms with Gasteiger partial charge in [-0.25, -0.2) is 0 Å². The number of methoxy groups -OCH3 is 2. The Morgan fingerprint density at radius 2 is 1.08 bits per heavy atom. The summed E-state index contributed by atoms with van der Waals surface area (Å²) in [7, 11) is 2.25. The number of hydrogen-bond acceptors (Lipinski definition) is 3. The van der Waals surface area contributed by atoms with Gasteiger partial charge in [0.1, 0.15) is 11.5 Å². The maximum Gasteiger partial charge on any atom is 0.417 e. The van der Waals surface area contributed by atoms with E-state index in [4.69, 9.17) is 9.47 Å². The first-order valence-corrected chi connectivity index (χ1v) is 7.04. The van der Waals surface area contributed by atoms with E-state index in [1.165, 1.54) is 0 Å². The SMILES string of the molecule is COc1ccc(C(=O)c2ccc(OC)cc2C(F)(F)F)c(C(F)(F)F)c1. The molecule has 0 saturated heterocycles. The van der Waals surface area contributed by atoms with Crippen molar-refractivity contribution in [3.05, 3.63) is 58.7 Å². The van der Waals surface area contributed by atoms with Crippen LogP contribution in [0, 0.1) is 0 Å². The number of ether oxygens (including phenoxy) is 2. The van der Waals surface area contributed by atoms with Gasteiger partial charge in [0, 0.05) is 11.1 Å². The van der Waals surface area contributed by atoms with Gasteiger partial charge in [0.05, 0.1) is 25.3 Å². The Morgan fingerprint density at radius 1 is 0.731 bits per heavy atom. The summed E-state index contributed by atoms with van der Waals surface area (Å²) in [6, 6.07) is 4.83. The minimum atomic E-state index is -4.95. The Kier molecular flexibility index (Phi) is 5.20. The van der Waals surface area contributed by atoms with Crippen molar-refractivity contribution in [2.75, 3.05) is 14.2 Å². The maximum atomic E-state index is 13.2. The third-order valence-corrected chi connectivity index (χ3v) is 3.55. The van der Waals surface area contributed by atoms with Gasteiger partial charge in [-0.15, -0.1) is 0 Å². The number of benzene rings is 2. The third-order valence-electron chi connectivity index (χ3n) is 3.55. The standard InChI is InChI=1S/C17H12F6O3/c1-25-9-3-5-11(13(7-9)16(18,19)20)15(24)12-6-4-10(26-2)8-14(12)17(21,22)23/h3-8H,1-2H3. The lowest BCUT2D eigenvalue weighted by Crippen LogP contribution is -2.18. The minimum Gasteiger partial charge on any atom is -0.497 e. The molecule has 0 amide bonds. The van der Waals surface area contributed by atoms with Crippen LogP contribution in [0.15, 0.2) is 36.4 Å². The lowest BCUT2D eigenvalue weighted by Gasteiger charge is -2.17. The number of halogens is 6. The van der Waals surface area contributed by atoms with Crippen molar-refractivity contribution in [3.8, 4) is 11.5 Å². The first-order valence-electron chi connectivity index (χ1n) is 7.04. The fourth-order valence-corrected chi connectivity index (χ4v) is 2.31. The Hall–Kier alpha value is -2.71. The lowest BCUT2D eigenvalue weighted by molar-refractivity contribution is -0.138. The van der Waals surface area contributed by atoms with Gasteiger partial charge in [0.2, 0.25) is 0 Å². The van der Waals surface area contributed by atoms with E-state index in [1.54, 1.807) is 0 Å². The molecule has 0 unspecified atom stereocenters. The number of alkyl halides is 6. The zero-order chi connectivity index (χ0) is 19.7. The second kappa shape index (κ2) is 6.89. The highest BCUT2D eigenvalue weighted by molar-refractivity contribution is 6.11. The predicted octanol–water partition coefficient (Wildman–Crippen LogP) is 4.97. The second-order valence-corrected chi connectivity index (χ2v) is 5.15. The summed E-state index contributed by atoms with van der Waals surface area (Å²) in [6.45, 7) is 0. The molecule has 0 aliphatic carbocycles. The molecule has 0 atom stereocenters. The summed E-state index contributed by atoms with van der Waals surface area (Å²) < 4.78 is 88.8. The molecule has 0 N–H and O–H groups in total. The summed E-state index contributed by atoms with van der Waals surface area (Å²) in [6.07, 6.45) is -9.91. The van der Waals surface area contributed by atoms with Crippen molar-refractivity contribution in [2.45, 2.75) is 12.4 Å². The van der Waals surface area contributed by atoms with Gasteiger partial charge in [-0.2, -0.15) is 26.3 Å². The van der Waals surface area contributed by atoms with Crippen molar-refractivity contribution >= 4 is 5.78 Å². The molecule has 0 bridgehead atoms. The van der Waals surface area contributed by atoms with Crippen molar-refractivity contribution in [1.29, 1.82) is 0 Å². The highest BCUT2D eigenvalue weighted by Gasteiger charge is 2.39. The van der Waals surface area contributed by atoms with Crippen LogP contribution in [0.2, 0.25) is 0 Å². The minimum absolute atomic E-state index is 0.181. The normalized spacial score (nSPS) is 12.0. The summed E-state index contributed by atoms with van der Waals surface area (Å²) in [5.41, 5.74) is -4.58. The van der Waals surface area contributed by atoms with Crippen molar-refractivity contribution in [1.82, 2.24) is 0 Å². The highest BCUT2D eigenvalue weighted by atomic mass is 19.4. The largest absolute Gasteiger partial charge is 0.497 e. The molecule has 9 heteroatoms. The Labute approximate surface area is 144 Å². The molecule has 2 aromatic rings. The van der Waals surface area contributed by atoms with Gasteiger partial charge < -0.3 is 9.47 Å². The molecule has 26 heavy (non-hydrogen) atoms. The summed E-state index contributed by atoms with van der Waals surface area (Å²) in [5.74, 6) is -1.77. The molecule has 0 heterocycles. The van der Waals surface area contributed by atoms with Crippen molar-refractivity contribution in [3.63, 3.8) is 0 Å². The summed E-state index contributed by atoms with van der Waals surface area (Å²) >= 11 is 0. The molecular formula is C17H12F6O3. The van der Waals surface area contributed by atoms with Crippen LogP contribution in [-0.4, -0.2) is 20.0 Å². The van der Waals surface area contributed by atoms with Crippen LogP contribution in [0.25, 0.3) is 0 Å². The zero-order valence-electron chi connectivity index (χ0n) is 13.5. The van der Waals surface area contributed by atoms with E-state index < -0.39 is 40.4 Å². The van der Waals surface area contributed by atoms with E-state index in [1.807, 2.05) is 0 Å². The molecule has 0 saturated carbocycles. The quantitative estimate of drug-likeness (QED) is 0.557. The van der Waals surface area contributed by atoms with Crippen LogP contribution in [0.1, 0.15) is 27.0 Å². The second-order valence-electron chi connectivity index (χ2n) is 5.15. The summed E-state index contributed by atoms with van der Waals surface area (Å²) in [5, 5.41) is 0. The molecule has 2 aromatic carbocycles. The van der Waals surface area contributed by atoms with E-state index >= 15 is 0 Å². The average molecular weight is 378 g/mol. The first kappa shape index (κ1) is 19.6. The van der Waals surface area contributed by atoms with Gasteiger partial charge in [-0.3, -0.25) is 4.79 Å². The monoisotopic (exact) mass is 378 g/mol. The molecule has 0 aliphatic heterocycles. The van der Waals surface area contributed by atoms with E-state index in [-0.39, 0.29) is 11.5 Å². The molecule has 2 rings (SSSR count). The predicted molar refractivity (Wildman–Crippen MR) is 79.4 cm³/mol. The fraction of sp³-hybridized carbons (Fsp3) is 0.235. The molecule has 0 radical (unpaired) electrons. The Balaban J connectivity index is 2.67. The van der Waals surface area contributed by atoms with Crippen LogP contribution in [0.5, 0.6) is 11.5 Å². The van der Waals surface area contributed by atoms with Gasteiger partial charge in [0.25, 0.3) is 0 Å². The molecule has 0 aliphatic rings. The smallest absolute Gasteiger partial charge is 0.417 e. The molecule has 0 fully saturated rings. The maximum absolute atomic E-state index is 13.2. The number of carbonyl (C=O) groups is 1. The van der Waals surface area contributed by atoms with E-state index in [0.29, 0.717) is 12.1 Å². The number of ketones is 1. The van der Waals surface area contributed by atoms with Crippen molar-refractivity contribution < 1.29 is 40.6 Å². The van der Waals surface area contributed by atoms with E-state index in [0.717, 1.165) is 38.5 Å². The van der Waals surface area contributed by atoms with Gasteiger partial charge in [-0.05, 0) is 36.4 Å². The topological polar surface area (TPSA) is 35.5 Å². The van der Waals surface area contributed by atoms with Gasteiger partial charge in [-0.1, -0.05) is 0 Å². The molecule has 0 aromatic heterocycles. The number of carbonyl (C=O) groups excluding carboxylic acids is 1. The van der Waals surface area contributed by atoms with Crippen LogP contribution in [-0.2, 0) is 12.4 Å². The lowest BCUT2D eigenvalue weighted by atomic mass is 9.94. The van der Waals surface area contributed by atoms with Gasteiger partial charge in [0.15, 0.2) is 5.78 Å². The molecule has 140 valence electrons. The van der Waals surface area contributed by atoms with Crippen LogP contribution >= 0.6 is 0 Å². The van der Waals surface area contributed by atoms with Crippen molar-refractivity contribution in [2.24, 2.45) is 0 Å². The van der Waals surface area contributed by atoms with Crippen LogP contribution < -0.4 is 9.47 Å². The third kappa shape index (κ3) is 3.92. The number of hydrogen-bond donors (Lipinski definition) is 0. The van der Waals surface area contributed by atoms with Crippen LogP contribution in [0.3, 0.4) is 0 Å². The number of rotatable bonds is 4. The highest BCUT2D eigenvalue weighted by Crippen LogP contribution is 2.39. The van der Waals surface area contributed by atoms with E-state index in [9.17, 15) is 31.1 Å². The molecule has 0 spiro atoms. The molecular weight excluding hydrogens is 366 g/mol. The average Bonchev–Trinajstić information content (AvgIpc) is 2.58. The molecule has 3 nitrogen and oxygen atoms in total. The summed E-state index contributed by atoms with van der Waals surface area (Å²) in [4.78, 5) is 12.5. The van der Waals surface area contributed by atoms with Crippen LogP contribution in [0.4, 0.5) is 26.3 Å². The Bertz CT molecular complexity index is 757. The zero-order valence-corrected chi connectivity index (χ0v) is 13.5. The first-order chi connectivity index (χ1) is 12.0. The van der Waals surface area contributed by atoms with Gasteiger partial charge >= 0.3 is 12.4 Å².